The Morgan fingerprint density at radius 1 is 1.14 bits per heavy atom. The summed E-state index contributed by atoms with van der Waals surface area (Å²) in [5.74, 6) is 4.20. The van der Waals surface area contributed by atoms with Gasteiger partial charge in [-0.15, -0.1) is 0 Å². The van der Waals surface area contributed by atoms with E-state index in [1.54, 1.807) is 0 Å². The predicted molar refractivity (Wildman–Crippen MR) is 79.8 cm³/mol. The lowest BCUT2D eigenvalue weighted by Gasteiger charge is -2.55. The van der Waals surface area contributed by atoms with Gasteiger partial charge in [0.25, 0.3) is 0 Å². The SMILES string of the molecule is O=C(Nc1[nH]ncc1C1CC1)C12CC3CC(CC(C3)C1)C2. The Morgan fingerprint density at radius 3 is 2.33 bits per heavy atom. The fourth-order valence-electron chi connectivity index (χ4n) is 5.73. The van der Waals surface area contributed by atoms with Crippen LogP contribution in [0.25, 0.3) is 0 Å². The average molecular weight is 285 g/mol. The van der Waals surface area contributed by atoms with Crippen LogP contribution in [0.4, 0.5) is 5.82 Å². The highest BCUT2D eigenvalue weighted by atomic mass is 16.2. The van der Waals surface area contributed by atoms with Crippen molar-refractivity contribution in [3.63, 3.8) is 0 Å². The van der Waals surface area contributed by atoms with Gasteiger partial charge < -0.3 is 5.32 Å². The zero-order valence-electron chi connectivity index (χ0n) is 12.4. The van der Waals surface area contributed by atoms with Crippen LogP contribution in [0.2, 0.25) is 0 Å². The van der Waals surface area contributed by atoms with E-state index < -0.39 is 0 Å². The van der Waals surface area contributed by atoms with Gasteiger partial charge in [-0.05, 0) is 75.0 Å². The molecule has 1 heterocycles. The van der Waals surface area contributed by atoms with Crippen molar-refractivity contribution in [1.29, 1.82) is 0 Å². The molecule has 0 aromatic carbocycles. The normalized spacial score (nSPS) is 40.5. The molecule has 4 heteroatoms. The zero-order valence-corrected chi connectivity index (χ0v) is 12.4. The molecule has 0 unspecified atom stereocenters. The smallest absolute Gasteiger partial charge is 0.231 e. The summed E-state index contributed by atoms with van der Waals surface area (Å²) in [6.45, 7) is 0. The Morgan fingerprint density at radius 2 is 1.76 bits per heavy atom. The number of anilines is 1. The molecule has 5 aliphatic carbocycles. The molecular weight excluding hydrogens is 262 g/mol. The Hall–Kier alpha value is -1.32. The fraction of sp³-hybridized carbons (Fsp3) is 0.765. The molecule has 0 saturated heterocycles. The number of nitrogens with zero attached hydrogens (tertiary/aromatic N) is 1. The molecule has 4 bridgehead atoms. The molecule has 0 spiro atoms. The number of carbonyl (C=O) groups is 1. The number of aromatic amines is 1. The largest absolute Gasteiger partial charge is 0.310 e. The minimum atomic E-state index is -0.0688. The van der Waals surface area contributed by atoms with Crippen LogP contribution in [-0.4, -0.2) is 16.1 Å². The van der Waals surface area contributed by atoms with Gasteiger partial charge in [0.2, 0.25) is 5.91 Å². The van der Waals surface area contributed by atoms with E-state index in [2.05, 4.69) is 15.5 Å². The van der Waals surface area contributed by atoms with E-state index in [0.29, 0.717) is 5.92 Å². The number of hydrogen-bond acceptors (Lipinski definition) is 2. The lowest BCUT2D eigenvalue weighted by atomic mass is 9.49. The van der Waals surface area contributed by atoms with Crippen LogP contribution in [-0.2, 0) is 4.79 Å². The van der Waals surface area contributed by atoms with Crippen molar-refractivity contribution in [2.24, 2.45) is 23.2 Å². The predicted octanol–water partition coefficient (Wildman–Crippen LogP) is 3.44. The van der Waals surface area contributed by atoms with Crippen molar-refractivity contribution < 1.29 is 4.79 Å². The number of H-pyrrole nitrogens is 1. The van der Waals surface area contributed by atoms with Gasteiger partial charge in [-0.3, -0.25) is 9.89 Å². The van der Waals surface area contributed by atoms with Gasteiger partial charge >= 0.3 is 0 Å². The summed E-state index contributed by atoms with van der Waals surface area (Å²) in [4.78, 5) is 13.0. The van der Waals surface area contributed by atoms with E-state index >= 15 is 0 Å². The second-order valence-electron chi connectivity index (χ2n) is 8.13. The third kappa shape index (κ3) is 1.87. The van der Waals surface area contributed by atoms with Crippen molar-refractivity contribution in [2.45, 2.75) is 57.3 Å². The number of hydrogen-bond donors (Lipinski definition) is 2. The molecule has 0 aliphatic heterocycles. The summed E-state index contributed by atoms with van der Waals surface area (Å²) in [6.07, 6.45) is 11.9. The van der Waals surface area contributed by atoms with E-state index in [9.17, 15) is 4.79 Å². The number of amides is 1. The summed E-state index contributed by atoms with van der Waals surface area (Å²) in [5.41, 5.74) is 1.15. The molecular formula is C17H23N3O. The first kappa shape index (κ1) is 12.2. The monoisotopic (exact) mass is 285 g/mol. The van der Waals surface area contributed by atoms with Gasteiger partial charge in [-0.2, -0.15) is 5.10 Å². The summed E-state index contributed by atoms with van der Waals surface area (Å²) < 4.78 is 0. The Bertz CT molecular complexity index is 551. The average Bonchev–Trinajstić information content (AvgIpc) is 3.18. The van der Waals surface area contributed by atoms with Crippen LogP contribution in [0, 0.1) is 23.2 Å². The van der Waals surface area contributed by atoms with E-state index in [4.69, 9.17) is 0 Å². The van der Waals surface area contributed by atoms with E-state index in [0.717, 1.165) is 42.8 Å². The molecule has 6 rings (SSSR count). The molecule has 5 fully saturated rings. The molecule has 0 radical (unpaired) electrons. The van der Waals surface area contributed by atoms with Crippen molar-refractivity contribution in [3.8, 4) is 0 Å². The van der Waals surface area contributed by atoms with Gasteiger partial charge in [0, 0.05) is 5.56 Å². The summed E-state index contributed by atoms with van der Waals surface area (Å²) in [6, 6.07) is 0. The summed E-state index contributed by atoms with van der Waals surface area (Å²) in [5, 5.41) is 10.4. The first-order valence-electron chi connectivity index (χ1n) is 8.56. The first-order valence-corrected chi connectivity index (χ1v) is 8.56. The third-order valence-electron chi connectivity index (χ3n) is 6.44. The lowest BCUT2D eigenvalue weighted by Crippen LogP contribution is -2.51. The molecule has 112 valence electrons. The first-order chi connectivity index (χ1) is 10.2. The minimum Gasteiger partial charge on any atom is -0.310 e. The summed E-state index contributed by atoms with van der Waals surface area (Å²) in [7, 11) is 0. The van der Waals surface area contributed by atoms with Crippen LogP contribution in [0.3, 0.4) is 0 Å². The zero-order chi connectivity index (χ0) is 14.0. The highest BCUT2D eigenvalue weighted by Crippen LogP contribution is 2.60. The van der Waals surface area contributed by atoms with Gasteiger partial charge in [0.1, 0.15) is 5.82 Å². The lowest BCUT2D eigenvalue weighted by molar-refractivity contribution is -0.140. The second kappa shape index (κ2) is 4.11. The van der Waals surface area contributed by atoms with Crippen LogP contribution >= 0.6 is 0 Å². The maximum absolute atomic E-state index is 13.0. The number of rotatable bonds is 3. The third-order valence-corrected chi connectivity index (χ3v) is 6.44. The van der Waals surface area contributed by atoms with Crippen molar-refractivity contribution >= 4 is 11.7 Å². The molecule has 2 N–H and O–H groups in total. The van der Waals surface area contributed by atoms with Crippen molar-refractivity contribution in [1.82, 2.24) is 10.2 Å². The molecule has 21 heavy (non-hydrogen) atoms. The highest BCUT2D eigenvalue weighted by Gasteiger charge is 2.54. The van der Waals surface area contributed by atoms with Gasteiger partial charge in [-0.25, -0.2) is 0 Å². The number of nitrogens with one attached hydrogen (secondary N) is 2. The number of carbonyl (C=O) groups excluding carboxylic acids is 1. The quantitative estimate of drug-likeness (QED) is 0.893. The molecule has 5 saturated carbocycles. The van der Waals surface area contributed by atoms with Crippen LogP contribution in [0.1, 0.15) is 62.8 Å². The standard InChI is InChI=1S/C17H23N3O/c21-16(19-15-14(9-18-20-15)13-1-2-13)17-6-10-3-11(7-17)5-12(4-10)8-17/h9-13H,1-8H2,(H2,18,19,20,21). The topological polar surface area (TPSA) is 57.8 Å². The van der Waals surface area contributed by atoms with Crippen LogP contribution in [0.15, 0.2) is 6.20 Å². The van der Waals surface area contributed by atoms with Gasteiger partial charge in [0.15, 0.2) is 0 Å². The Kier molecular flexibility index (Phi) is 2.40. The highest BCUT2D eigenvalue weighted by molar-refractivity contribution is 5.95. The minimum absolute atomic E-state index is 0.0688. The number of aromatic nitrogens is 2. The summed E-state index contributed by atoms with van der Waals surface area (Å²) >= 11 is 0. The van der Waals surface area contributed by atoms with Crippen molar-refractivity contribution in [3.05, 3.63) is 11.8 Å². The van der Waals surface area contributed by atoms with E-state index in [-0.39, 0.29) is 11.3 Å². The maximum Gasteiger partial charge on any atom is 0.231 e. The van der Waals surface area contributed by atoms with Crippen LogP contribution < -0.4 is 5.32 Å². The Labute approximate surface area is 125 Å². The Balaban J connectivity index is 1.40. The van der Waals surface area contributed by atoms with Gasteiger partial charge in [-0.1, -0.05) is 0 Å². The maximum atomic E-state index is 13.0. The molecule has 0 atom stereocenters. The van der Waals surface area contributed by atoms with Gasteiger partial charge in [0.05, 0.1) is 11.6 Å². The van der Waals surface area contributed by atoms with Crippen LogP contribution in [0.5, 0.6) is 0 Å². The molecule has 1 amide bonds. The van der Waals surface area contributed by atoms with E-state index in [1.807, 2.05) is 6.20 Å². The fourth-order valence-corrected chi connectivity index (χ4v) is 5.73. The molecule has 1 aromatic heterocycles. The molecule has 5 aliphatic rings. The van der Waals surface area contributed by atoms with E-state index in [1.165, 1.54) is 37.7 Å². The second-order valence-corrected chi connectivity index (χ2v) is 8.13. The molecule has 1 aromatic rings. The van der Waals surface area contributed by atoms with Crippen molar-refractivity contribution in [2.75, 3.05) is 5.32 Å². The molecule has 4 nitrogen and oxygen atoms in total.